The normalized spacial score (nSPS) is 28.2. The molecule has 2 fully saturated rings. The van der Waals surface area contributed by atoms with Gasteiger partial charge in [-0.1, -0.05) is 30.4 Å². The average molecular weight is 384 g/mol. The molecule has 1 heterocycles. The van der Waals surface area contributed by atoms with Crippen molar-refractivity contribution >= 4 is 17.8 Å². The van der Waals surface area contributed by atoms with Crippen LogP contribution in [0.2, 0.25) is 0 Å². The molecular formula is C21H25FN4O2. The first-order valence-electron chi connectivity index (χ1n) is 9.89. The second-order valence-corrected chi connectivity index (χ2v) is 7.54. The van der Waals surface area contributed by atoms with Crippen molar-refractivity contribution in [1.82, 2.24) is 15.5 Å². The number of nitrogens with zero attached hydrogens (tertiary/aromatic N) is 2. The van der Waals surface area contributed by atoms with Crippen LogP contribution in [0.1, 0.15) is 18.9 Å². The van der Waals surface area contributed by atoms with Crippen LogP contribution >= 0.6 is 0 Å². The van der Waals surface area contributed by atoms with Crippen LogP contribution in [0, 0.1) is 29.5 Å². The monoisotopic (exact) mass is 384 g/mol. The summed E-state index contributed by atoms with van der Waals surface area (Å²) in [7, 11) is 0. The van der Waals surface area contributed by atoms with Gasteiger partial charge in [0.25, 0.3) is 0 Å². The molecule has 4 rings (SSSR count). The van der Waals surface area contributed by atoms with Crippen LogP contribution in [0.3, 0.4) is 0 Å². The Labute approximate surface area is 163 Å². The van der Waals surface area contributed by atoms with Gasteiger partial charge in [-0.05, 0) is 31.2 Å². The van der Waals surface area contributed by atoms with Crippen molar-refractivity contribution in [3.05, 3.63) is 47.8 Å². The number of imide groups is 1. The Kier molecular flexibility index (Phi) is 5.15. The minimum absolute atomic E-state index is 0.0399. The summed E-state index contributed by atoms with van der Waals surface area (Å²) < 4.78 is 13.8. The Morgan fingerprint density at radius 2 is 1.82 bits per heavy atom. The summed E-state index contributed by atoms with van der Waals surface area (Å²) in [6.07, 6.45) is 5.13. The van der Waals surface area contributed by atoms with E-state index < -0.39 is 0 Å². The zero-order valence-electron chi connectivity index (χ0n) is 15.9. The first-order chi connectivity index (χ1) is 13.6. The van der Waals surface area contributed by atoms with E-state index in [0.29, 0.717) is 31.2 Å². The van der Waals surface area contributed by atoms with Gasteiger partial charge in [0, 0.05) is 25.2 Å². The topological polar surface area (TPSA) is 73.8 Å². The van der Waals surface area contributed by atoms with Crippen LogP contribution in [0.5, 0.6) is 0 Å². The molecule has 2 aliphatic carbocycles. The lowest BCUT2D eigenvalue weighted by Crippen LogP contribution is -2.43. The van der Waals surface area contributed by atoms with Gasteiger partial charge >= 0.3 is 0 Å². The van der Waals surface area contributed by atoms with Crippen molar-refractivity contribution in [2.24, 2.45) is 28.7 Å². The molecule has 6 nitrogen and oxygen atoms in total. The van der Waals surface area contributed by atoms with Crippen LogP contribution in [0.25, 0.3) is 0 Å². The van der Waals surface area contributed by atoms with Crippen LogP contribution in [0.4, 0.5) is 4.39 Å². The number of hydrogen-bond donors (Lipinski definition) is 2. The maximum Gasteiger partial charge on any atom is 0.233 e. The summed E-state index contributed by atoms with van der Waals surface area (Å²) in [5.41, 5.74) is 0.514. The van der Waals surface area contributed by atoms with Gasteiger partial charge in [0.1, 0.15) is 5.82 Å². The Hall–Kier alpha value is -2.70. The number of allylic oxidation sites excluding steroid dienone is 2. The van der Waals surface area contributed by atoms with E-state index in [1.54, 1.807) is 18.2 Å². The molecule has 4 atom stereocenters. The average Bonchev–Trinajstić information content (AvgIpc) is 3.36. The molecule has 1 saturated carbocycles. The number of rotatable bonds is 6. The third-order valence-electron chi connectivity index (χ3n) is 5.90. The summed E-state index contributed by atoms with van der Waals surface area (Å²) >= 11 is 0. The van der Waals surface area contributed by atoms with Gasteiger partial charge in [0.05, 0.1) is 18.4 Å². The lowest BCUT2D eigenvalue weighted by Gasteiger charge is -2.18. The number of fused-ring (bicyclic) bond motifs is 5. The molecule has 2 bridgehead atoms. The van der Waals surface area contributed by atoms with Crippen molar-refractivity contribution in [3.63, 3.8) is 0 Å². The van der Waals surface area contributed by atoms with Gasteiger partial charge in [-0.3, -0.25) is 14.5 Å². The fourth-order valence-corrected chi connectivity index (χ4v) is 4.60. The fourth-order valence-electron chi connectivity index (χ4n) is 4.60. The molecule has 1 saturated heterocycles. The summed E-state index contributed by atoms with van der Waals surface area (Å²) in [5, 5.41) is 6.24. The first-order valence-corrected chi connectivity index (χ1v) is 9.89. The highest BCUT2D eigenvalue weighted by molar-refractivity contribution is 6.06. The van der Waals surface area contributed by atoms with Crippen LogP contribution in [-0.4, -0.2) is 42.3 Å². The largest absolute Gasteiger partial charge is 0.357 e. The summed E-state index contributed by atoms with van der Waals surface area (Å²) in [4.78, 5) is 31.2. The number of halogens is 1. The smallest absolute Gasteiger partial charge is 0.233 e. The molecule has 0 spiro atoms. The second kappa shape index (κ2) is 7.73. The number of nitrogens with one attached hydrogen (secondary N) is 2. The van der Waals surface area contributed by atoms with Gasteiger partial charge in [0.15, 0.2) is 5.96 Å². The number of carbonyl (C=O) groups excluding carboxylic acids is 2. The number of amides is 2. The van der Waals surface area contributed by atoms with Crippen molar-refractivity contribution in [3.8, 4) is 0 Å². The maximum absolute atomic E-state index is 13.8. The third-order valence-corrected chi connectivity index (χ3v) is 5.90. The molecule has 1 aliphatic heterocycles. The van der Waals surface area contributed by atoms with Gasteiger partial charge in [0.2, 0.25) is 11.8 Å². The summed E-state index contributed by atoms with van der Waals surface area (Å²) in [6, 6.07) is 6.53. The Morgan fingerprint density at radius 3 is 2.46 bits per heavy atom. The zero-order chi connectivity index (χ0) is 19.7. The third kappa shape index (κ3) is 3.30. The molecule has 1 aromatic carbocycles. The van der Waals surface area contributed by atoms with E-state index in [1.165, 1.54) is 11.0 Å². The lowest BCUT2D eigenvalue weighted by molar-refractivity contribution is -0.140. The molecule has 3 aliphatic rings. The number of hydrogen-bond acceptors (Lipinski definition) is 3. The van der Waals surface area contributed by atoms with E-state index in [9.17, 15) is 14.0 Å². The molecule has 2 amide bonds. The fraction of sp³-hybridized carbons (Fsp3) is 0.476. The predicted octanol–water partition coefficient (Wildman–Crippen LogP) is 1.69. The lowest BCUT2D eigenvalue weighted by atomic mass is 9.85. The number of likely N-dealkylation sites (tertiary alicyclic amines) is 1. The molecule has 28 heavy (non-hydrogen) atoms. The molecule has 0 aromatic heterocycles. The summed E-state index contributed by atoms with van der Waals surface area (Å²) in [5.74, 6) is 0.296. The maximum atomic E-state index is 13.8. The highest BCUT2D eigenvalue weighted by atomic mass is 19.1. The molecule has 7 heteroatoms. The minimum atomic E-state index is -0.287. The SMILES string of the molecule is CCNC(=NCc1ccccc1F)NCCN1C(=O)C2C3C=CC(C3)C2C1=O. The number of carbonyl (C=O) groups is 2. The minimum Gasteiger partial charge on any atom is -0.357 e. The van der Waals surface area contributed by atoms with E-state index in [-0.39, 0.29) is 47.8 Å². The van der Waals surface area contributed by atoms with Gasteiger partial charge < -0.3 is 10.6 Å². The highest BCUT2D eigenvalue weighted by Gasteiger charge is 2.58. The van der Waals surface area contributed by atoms with E-state index in [0.717, 1.165) is 6.42 Å². The van der Waals surface area contributed by atoms with Crippen molar-refractivity contribution in [2.45, 2.75) is 19.9 Å². The zero-order valence-corrected chi connectivity index (χ0v) is 15.9. The standard InChI is InChI=1S/C21H25FN4O2/c1-2-23-21(25-12-15-5-3-4-6-16(15)22)24-9-10-26-19(27)17-13-7-8-14(11-13)18(17)20(26)28/h3-8,13-14,17-18H,2,9-12H2,1H3,(H2,23,24,25). The quantitative estimate of drug-likeness (QED) is 0.339. The predicted molar refractivity (Wildman–Crippen MR) is 104 cm³/mol. The van der Waals surface area contributed by atoms with Crippen LogP contribution in [-0.2, 0) is 16.1 Å². The van der Waals surface area contributed by atoms with E-state index in [4.69, 9.17) is 0 Å². The number of aliphatic imine (C=N–C) groups is 1. The Bertz CT molecular complexity index is 807. The Morgan fingerprint density at radius 1 is 1.14 bits per heavy atom. The van der Waals surface area contributed by atoms with Crippen molar-refractivity contribution < 1.29 is 14.0 Å². The molecule has 1 aromatic rings. The molecule has 2 N–H and O–H groups in total. The first kappa shape index (κ1) is 18.7. The number of guanidine groups is 1. The molecule has 4 unspecified atom stereocenters. The second-order valence-electron chi connectivity index (χ2n) is 7.54. The molecule has 0 radical (unpaired) electrons. The molecular weight excluding hydrogens is 359 g/mol. The Balaban J connectivity index is 1.34. The van der Waals surface area contributed by atoms with Crippen LogP contribution in [0.15, 0.2) is 41.4 Å². The number of benzene rings is 1. The van der Waals surface area contributed by atoms with E-state index in [1.807, 2.05) is 6.92 Å². The van der Waals surface area contributed by atoms with E-state index >= 15 is 0 Å². The van der Waals surface area contributed by atoms with Gasteiger partial charge in [-0.25, -0.2) is 9.38 Å². The summed E-state index contributed by atoms with van der Waals surface area (Å²) in [6.45, 7) is 3.53. The van der Waals surface area contributed by atoms with Crippen molar-refractivity contribution in [2.75, 3.05) is 19.6 Å². The van der Waals surface area contributed by atoms with Crippen LogP contribution < -0.4 is 10.6 Å². The highest BCUT2D eigenvalue weighted by Crippen LogP contribution is 2.52. The van der Waals surface area contributed by atoms with Gasteiger partial charge in [-0.2, -0.15) is 0 Å². The van der Waals surface area contributed by atoms with Gasteiger partial charge in [-0.15, -0.1) is 0 Å². The van der Waals surface area contributed by atoms with Crippen molar-refractivity contribution in [1.29, 1.82) is 0 Å². The molecule has 148 valence electrons. The van der Waals surface area contributed by atoms with E-state index in [2.05, 4.69) is 27.8 Å².